The van der Waals surface area contributed by atoms with E-state index >= 15 is 0 Å². The van der Waals surface area contributed by atoms with E-state index in [0.717, 1.165) is 11.8 Å². The Hall–Kier alpha value is -2.27. The van der Waals surface area contributed by atoms with E-state index in [1.807, 2.05) is 37.3 Å². The molecule has 0 spiro atoms. The lowest BCUT2D eigenvalue weighted by Crippen LogP contribution is -2.47. The lowest BCUT2D eigenvalue weighted by Gasteiger charge is -2.30. The highest BCUT2D eigenvalue weighted by Crippen LogP contribution is 2.22. The highest BCUT2D eigenvalue weighted by atomic mass is 19.1. The van der Waals surface area contributed by atoms with Crippen molar-refractivity contribution >= 4 is 5.91 Å². The first-order valence-corrected chi connectivity index (χ1v) is 6.53. The average molecular weight is 288 g/mol. The van der Waals surface area contributed by atoms with E-state index in [1.165, 1.54) is 12.3 Å². The molecule has 21 heavy (non-hydrogen) atoms. The Morgan fingerprint density at radius 2 is 2.05 bits per heavy atom. The van der Waals surface area contributed by atoms with Crippen LogP contribution in [0.3, 0.4) is 0 Å². The summed E-state index contributed by atoms with van der Waals surface area (Å²) in [5.41, 5.74) is 0.0981. The van der Waals surface area contributed by atoms with Crippen molar-refractivity contribution in [2.45, 2.75) is 12.5 Å². The minimum Gasteiger partial charge on any atom is -0.382 e. The maximum Gasteiger partial charge on any atom is 0.255 e. The fourth-order valence-electron chi connectivity index (χ4n) is 2.16. The first-order chi connectivity index (χ1) is 10.1. The number of amides is 1. The molecule has 0 radical (unpaired) electrons. The second-order valence-corrected chi connectivity index (χ2v) is 4.94. The number of carbonyl (C=O) groups is 1. The molecule has 1 aromatic heterocycles. The van der Waals surface area contributed by atoms with Gasteiger partial charge in [0.1, 0.15) is 0 Å². The van der Waals surface area contributed by atoms with E-state index in [1.54, 1.807) is 7.11 Å². The zero-order chi connectivity index (χ0) is 15.3. The number of aromatic nitrogens is 1. The van der Waals surface area contributed by atoms with Crippen LogP contribution in [0.4, 0.5) is 4.39 Å². The van der Waals surface area contributed by atoms with Crippen LogP contribution in [-0.4, -0.2) is 24.6 Å². The number of rotatable bonds is 5. The van der Waals surface area contributed by atoms with Crippen molar-refractivity contribution in [2.75, 3.05) is 13.7 Å². The van der Waals surface area contributed by atoms with Crippen LogP contribution in [0.5, 0.6) is 0 Å². The summed E-state index contributed by atoms with van der Waals surface area (Å²) in [4.78, 5) is 15.9. The first-order valence-electron chi connectivity index (χ1n) is 6.53. The predicted octanol–water partition coefficient (Wildman–Crippen LogP) is 2.51. The van der Waals surface area contributed by atoms with Gasteiger partial charge in [0.2, 0.25) is 0 Å². The van der Waals surface area contributed by atoms with Gasteiger partial charge in [0, 0.05) is 13.3 Å². The third-order valence-corrected chi connectivity index (χ3v) is 3.25. The van der Waals surface area contributed by atoms with Gasteiger partial charge in [-0.15, -0.1) is 0 Å². The molecule has 1 amide bonds. The van der Waals surface area contributed by atoms with E-state index in [2.05, 4.69) is 10.3 Å². The summed E-state index contributed by atoms with van der Waals surface area (Å²) in [6.07, 6.45) is 2.40. The molecule has 4 nitrogen and oxygen atoms in total. The Morgan fingerprint density at radius 1 is 1.33 bits per heavy atom. The monoisotopic (exact) mass is 288 g/mol. The molecule has 2 rings (SSSR count). The molecule has 0 saturated heterocycles. The van der Waals surface area contributed by atoms with E-state index in [9.17, 15) is 9.18 Å². The van der Waals surface area contributed by atoms with Crippen LogP contribution in [0.15, 0.2) is 48.8 Å². The van der Waals surface area contributed by atoms with Gasteiger partial charge in [-0.25, -0.2) is 4.39 Å². The molecule has 1 N–H and O–H groups in total. The number of carbonyl (C=O) groups excluding carboxylic acids is 1. The molecule has 0 aliphatic rings. The normalized spacial score (nSPS) is 13.5. The molecule has 0 aliphatic carbocycles. The molecule has 0 bridgehead atoms. The number of hydrogen-bond acceptors (Lipinski definition) is 3. The topological polar surface area (TPSA) is 51.2 Å². The number of hydrogen-bond donors (Lipinski definition) is 1. The summed E-state index contributed by atoms with van der Waals surface area (Å²) in [6, 6.07) is 10.8. The quantitative estimate of drug-likeness (QED) is 0.919. The fourth-order valence-corrected chi connectivity index (χ4v) is 2.16. The number of benzene rings is 1. The Morgan fingerprint density at radius 3 is 2.67 bits per heavy atom. The van der Waals surface area contributed by atoms with Gasteiger partial charge in [-0.1, -0.05) is 30.3 Å². The summed E-state index contributed by atoms with van der Waals surface area (Å²) in [5.74, 6) is -1.15. The van der Waals surface area contributed by atoms with Crippen molar-refractivity contribution in [1.82, 2.24) is 10.3 Å². The van der Waals surface area contributed by atoms with Gasteiger partial charge >= 0.3 is 0 Å². The van der Waals surface area contributed by atoms with Gasteiger partial charge in [-0.3, -0.25) is 9.78 Å². The molecule has 5 heteroatoms. The third kappa shape index (κ3) is 3.44. The van der Waals surface area contributed by atoms with Gasteiger partial charge < -0.3 is 10.1 Å². The molecular formula is C16H17FN2O2. The van der Waals surface area contributed by atoms with Crippen molar-refractivity contribution < 1.29 is 13.9 Å². The zero-order valence-corrected chi connectivity index (χ0v) is 12.0. The van der Waals surface area contributed by atoms with Crippen molar-refractivity contribution in [3.05, 3.63) is 65.7 Å². The van der Waals surface area contributed by atoms with Crippen LogP contribution < -0.4 is 5.32 Å². The molecule has 0 unspecified atom stereocenters. The van der Waals surface area contributed by atoms with Crippen molar-refractivity contribution in [3.8, 4) is 0 Å². The maximum absolute atomic E-state index is 13.6. The number of nitrogens with zero attached hydrogens (tertiary/aromatic N) is 1. The van der Waals surface area contributed by atoms with E-state index in [4.69, 9.17) is 4.74 Å². The van der Waals surface area contributed by atoms with Gasteiger partial charge in [-0.05, 0) is 18.6 Å². The molecule has 1 heterocycles. The summed E-state index contributed by atoms with van der Waals surface area (Å²) >= 11 is 0. The maximum atomic E-state index is 13.6. The number of ether oxygens (including phenoxy) is 1. The smallest absolute Gasteiger partial charge is 0.255 e. The van der Waals surface area contributed by atoms with Gasteiger partial charge in [0.25, 0.3) is 5.91 Å². The van der Waals surface area contributed by atoms with Gasteiger partial charge in [0.15, 0.2) is 5.82 Å². The van der Waals surface area contributed by atoms with Crippen LogP contribution in [0.25, 0.3) is 0 Å². The second-order valence-electron chi connectivity index (χ2n) is 4.94. The summed E-state index contributed by atoms with van der Waals surface area (Å²) < 4.78 is 18.9. The Bertz CT molecular complexity index is 619. The number of methoxy groups -OCH3 is 1. The van der Waals surface area contributed by atoms with Crippen LogP contribution >= 0.6 is 0 Å². The molecule has 2 aromatic rings. The second kappa shape index (κ2) is 6.45. The van der Waals surface area contributed by atoms with Crippen LogP contribution in [-0.2, 0) is 10.3 Å². The number of pyridine rings is 1. The van der Waals surface area contributed by atoms with E-state index < -0.39 is 17.3 Å². The molecule has 1 aromatic carbocycles. The van der Waals surface area contributed by atoms with Crippen LogP contribution in [0, 0.1) is 5.82 Å². The largest absolute Gasteiger partial charge is 0.382 e. The molecule has 0 fully saturated rings. The molecule has 0 aliphatic heterocycles. The molecular weight excluding hydrogens is 271 g/mol. The summed E-state index contributed by atoms with van der Waals surface area (Å²) in [5, 5.41) is 2.84. The molecule has 1 atom stereocenters. The molecule has 0 saturated carbocycles. The molecule has 110 valence electrons. The van der Waals surface area contributed by atoms with Crippen molar-refractivity contribution in [2.24, 2.45) is 0 Å². The van der Waals surface area contributed by atoms with Gasteiger partial charge in [-0.2, -0.15) is 0 Å². The predicted molar refractivity (Wildman–Crippen MR) is 77.3 cm³/mol. The van der Waals surface area contributed by atoms with Crippen LogP contribution in [0.1, 0.15) is 22.8 Å². The van der Waals surface area contributed by atoms with Crippen LogP contribution in [0.2, 0.25) is 0 Å². The Kier molecular flexibility index (Phi) is 4.65. The Balaban J connectivity index is 2.29. The highest BCUT2D eigenvalue weighted by Gasteiger charge is 2.29. The summed E-state index contributed by atoms with van der Waals surface area (Å²) in [6.45, 7) is 2.11. The Labute approximate surface area is 123 Å². The highest BCUT2D eigenvalue weighted by molar-refractivity contribution is 5.94. The lowest BCUT2D eigenvalue weighted by atomic mass is 9.92. The average Bonchev–Trinajstić information content (AvgIpc) is 2.48. The summed E-state index contributed by atoms with van der Waals surface area (Å²) in [7, 11) is 1.56. The number of halogens is 1. The lowest BCUT2D eigenvalue weighted by molar-refractivity contribution is 0.0782. The SMILES string of the molecule is COC[C@](C)(NC(=O)c1ccncc1F)c1ccccc1. The zero-order valence-electron chi connectivity index (χ0n) is 12.0. The standard InChI is InChI=1S/C16H17FN2O2/c1-16(11-21-2,12-6-4-3-5-7-12)19-15(20)13-8-9-18-10-14(13)17/h3-10H,11H2,1-2H3,(H,19,20)/t16-/m0/s1. The number of nitrogens with one attached hydrogen (secondary N) is 1. The van der Waals surface area contributed by atoms with Crippen molar-refractivity contribution in [1.29, 1.82) is 0 Å². The minimum absolute atomic E-state index is 0.0386. The van der Waals surface area contributed by atoms with E-state index in [0.29, 0.717) is 0 Å². The first kappa shape index (κ1) is 15.1. The minimum atomic E-state index is -0.747. The fraction of sp³-hybridized carbons (Fsp3) is 0.250. The third-order valence-electron chi connectivity index (χ3n) is 3.25. The van der Waals surface area contributed by atoms with E-state index in [-0.39, 0.29) is 12.2 Å². The van der Waals surface area contributed by atoms with Gasteiger partial charge in [0.05, 0.1) is 23.9 Å². The van der Waals surface area contributed by atoms with Crippen molar-refractivity contribution in [3.63, 3.8) is 0 Å².